The lowest BCUT2D eigenvalue weighted by atomic mass is 10.0. The van der Waals surface area contributed by atoms with E-state index in [0.29, 0.717) is 19.3 Å². The van der Waals surface area contributed by atoms with Gasteiger partial charge in [-0.3, -0.25) is 9.59 Å². The summed E-state index contributed by atoms with van der Waals surface area (Å²) in [6.07, 6.45) is 59.5. The zero-order chi connectivity index (χ0) is 43.1. The molecule has 3 unspecified atom stereocenters. The maximum atomic E-state index is 13.1. The van der Waals surface area contributed by atoms with Crippen molar-refractivity contribution in [2.45, 2.75) is 232 Å². The summed E-state index contributed by atoms with van der Waals surface area (Å²) >= 11 is 0. The Balaban J connectivity index is 4.66. The van der Waals surface area contributed by atoms with Crippen molar-refractivity contribution >= 4 is 11.9 Å². The molecule has 0 aromatic heterocycles. The zero-order valence-electron chi connectivity index (χ0n) is 38.4. The standard InChI is InChI=1S/C53H91NO5/c1-4-7-10-13-16-19-22-24-26-27-30-33-36-39-42-45-51(56)50(48-55)54-52(57)47-49(44-41-38-35-32-29-21-18-15-12-9-6-3)59-53(58)46-43-40-37-34-31-28-25-23-20-17-14-11-8-5-2/h8-9,11-12,15,17-18,20-21,29,32,35,38,41,49-51,55-56H,4-7,10,13-14,16,19,22-28,30-31,33-34,36-37,39-40,42-48H2,1-3H3,(H,54,57)/b11-8+,12-9+,18-15+,20-17+,29-21-,35-32-,41-38+. The third kappa shape index (κ3) is 41.6. The molecule has 0 aromatic rings. The van der Waals surface area contributed by atoms with E-state index in [9.17, 15) is 19.8 Å². The highest BCUT2D eigenvalue weighted by Crippen LogP contribution is 2.16. The van der Waals surface area contributed by atoms with Crippen molar-refractivity contribution in [3.8, 4) is 0 Å². The second kappa shape index (κ2) is 46.1. The van der Waals surface area contributed by atoms with Crippen molar-refractivity contribution in [3.63, 3.8) is 0 Å². The molecule has 0 saturated carbocycles. The molecule has 0 aliphatic carbocycles. The first kappa shape index (κ1) is 56.0. The molecule has 0 rings (SSSR count). The van der Waals surface area contributed by atoms with Gasteiger partial charge in [-0.2, -0.15) is 0 Å². The van der Waals surface area contributed by atoms with Crippen LogP contribution in [0.1, 0.15) is 213 Å². The Morgan fingerprint density at radius 2 is 1.02 bits per heavy atom. The predicted octanol–water partition coefficient (Wildman–Crippen LogP) is 14.4. The van der Waals surface area contributed by atoms with Crippen LogP contribution in [0.3, 0.4) is 0 Å². The van der Waals surface area contributed by atoms with E-state index in [0.717, 1.165) is 64.2 Å². The van der Waals surface area contributed by atoms with Crippen molar-refractivity contribution in [1.82, 2.24) is 5.32 Å². The second-order valence-corrected chi connectivity index (χ2v) is 16.2. The van der Waals surface area contributed by atoms with Gasteiger partial charge in [-0.1, -0.05) is 234 Å². The molecule has 0 bridgehead atoms. The van der Waals surface area contributed by atoms with Crippen LogP contribution >= 0.6 is 0 Å². The van der Waals surface area contributed by atoms with E-state index in [-0.39, 0.29) is 24.9 Å². The van der Waals surface area contributed by atoms with Gasteiger partial charge < -0.3 is 20.3 Å². The molecule has 338 valence electrons. The van der Waals surface area contributed by atoms with E-state index in [1.807, 2.05) is 54.7 Å². The molecule has 0 radical (unpaired) electrons. The number of unbranched alkanes of at least 4 members (excludes halogenated alkanes) is 21. The Bertz CT molecular complexity index is 1150. The maximum absolute atomic E-state index is 13.1. The molecule has 0 heterocycles. The fraction of sp³-hybridized carbons (Fsp3) is 0.698. The minimum atomic E-state index is -0.822. The van der Waals surface area contributed by atoms with Crippen LogP contribution in [0, 0.1) is 0 Å². The van der Waals surface area contributed by atoms with Gasteiger partial charge in [-0.15, -0.1) is 0 Å². The number of carbonyl (C=O) groups excluding carboxylic acids is 2. The third-order valence-electron chi connectivity index (χ3n) is 10.6. The minimum Gasteiger partial charge on any atom is -0.461 e. The normalized spacial score (nSPS) is 14.1. The van der Waals surface area contributed by atoms with Crippen LogP contribution in [0.5, 0.6) is 0 Å². The lowest BCUT2D eigenvalue weighted by Crippen LogP contribution is -2.46. The SMILES string of the molecule is CC/C=C/C=C/C=C\C=C/C=C/CC(CC(=O)NC(CO)C(O)CCCCCCCCCCCCCCCCC)OC(=O)CCCCCCCCC/C=C/C/C=C/CC. The summed E-state index contributed by atoms with van der Waals surface area (Å²) in [6.45, 7) is 6.18. The molecule has 3 N–H and O–H groups in total. The van der Waals surface area contributed by atoms with Crippen molar-refractivity contribution in [3.05, 3.63) is 85.1 Å². The van der Waals surface area contributed by atoms with Crippen molar-refractivity contribution in [2.75, 3.05) is 6.61 Å². The van der Waals surface area contributed by atoms with Gasteiger partial charge >= 0.3 is 5.97 Å². The van der Waals surface area contributed by atoms with E-state index in [2.05, 4.69) is 56.5 Å². The Morgan fingerprint density at radius 1 is 0.542 bits per heavy atom. The third-order valence-corrected chi connectivity index (χ3v) is 10.6. The second-order valence-electron chi connectivity index (χ2n) is 16.2. The monoisotopic (exact) mass is 822 g/mol. The van der Waals surface area contributed by atoms with E-state index in [1.54, 1.807) is 0 Å². The average molecular weight is 822 g/mol. The Hall–Kier alpha value is -2.96. The molecule has 0 spiro atoms. The number of hydrogen-bond donors (Lipinski definition) is 3. The highest BCUT2D eigenvalue weighted by atomic mass is 16.5. The molecule has 3 atom stereocenters. The van der Waals surface area contributed by atoms with Gasteiger partial charge in [0.1, 0.15) is 6.10 Å². The summed E-state index contributed by atoms with van der Waals surface area (Å²) in [5, 5.41) is 23.7. The highest BCUT2D eigenvalue weighted by molar-refractivity contribution is 5.77. The van der Waals surface area contributed by atoms with Gasteiger partial charge in [0, 0.05) is 12.8 Å². The predicted molar refractivity (Wildman–Crippen MR) is 254 cm³/mol. The number of aliphatic hydroxyl groups excluding tert-OH is 2. The molecular weight excluding hydrogens is 731 g/mol. The molecule has 0 aliphatic rings. The van der Waals surface area contributed by atoms with Crippen LogP contribution in [-0.2, 0) is 14.3 Å². The number of ether oxygens (including phenoxy) is 1. The number of allylic oxidation sites excluding steroid dienone is 13. The number of nitrogens with one attached hydrogen (secondary N) is 1. The molecule has 0 aromatic carbocycles. The summed E-state index contributed by atoms with van der Waals surface area (Å²) in [6, 6.07) is -0.744. The van der Waals surface area contributed by atoms with Gasteiger partial charge in [-0.05, 0) is 44.9 Å². The lowest BCUT2D eigenvalue weighted by Gasteiger charge is -2.24. The van der Waals surface area contributed by atoms with Gasteiger partial charge in [0.2, 0.25) is 5.91 Å². The summed E-state index contributed by atoms with van der Waals surface area (Å²) in [5.74, 6) is -0.622. The first-order valence-corrected chi connectivity index (χ1v) is 24.4. The van der Waals surface area contributed by atoms with E-state index >= 15 is 0 Å². The smallest absolute Gasteiger partial charge is 0.306 e. The van der Waals surface area contributed by atoms with Crippen molar-refractivity contribution in [2.24, 2.45) is 0 Å². The largest absolute Gasteiger partial charge is 0.461 e. The molecule has 6 heteroatoms. The quantitative estimate of drug-likeness (QED) is 0.0247. The Labute approximate surface area is 363 Å². The fourth-order valence-corrected chi connectivity index (χ4v) is 6.96. The first-order chi connectivity index (χ1) is 29.0. The van der Waals surface area contributed by atoms with Crippen molar-refractivity contribution in [1.29, 1.82) is 0 Å². The molecule has 0 fully saturated rings. The molecule has 59 heavy (non-hydrogen) atoms. The topological polar surface area (TPSA) is 95.9 Å². The average Bonchev–Trinajstić information content (AvgIpc) is 3.23. The van der Waals surface area contributed by atoms with E-state index < -0.39 is 18.2 Å². The molecular formula is C53H91NO5. The number of hydrogen-bond acceptors (Lipinski definition) is 5. The van der Waals surface area contributed by atoms with Crippen LogP contribution in [-0.4, -0.2) is 46.9 Å². The lowest BCUT2D eigenvalue weighted by molar-refractivity contribution is -0.150. The van der Waals surface area contributed by atoms with Crippen LogP contribution < -0.4 is 5.32 Å². The van der Waals surface area contributed by atoms with Gasteiger partial charge in [-0.25, -0.2) is 0 Å². The molecule has 1 amide bonds. The maximum Gasteiger partial charge on any atom is 0.306 e. The van der Waals surface area contributed by atoms with Crippen LogP contribution in [0.25, 0.3) is 0 Å². The van der Waals surface area contributed by atoms with E-state index in [4.69, 9.17) is 4.74 Å². The first-order valence-electron chi connectivity index (χ1n) is 24.4. The fourth-order valence-electron chi connectivity index (χ4n) is 6.96. The summed E-state index contributed by atoms with van der Waals surface area (Å²) in [5.41, 5.74) is 0. The number of rotatable bonds is 42. The Kier molecular flexibility index (Phi) is 43.8. The number of carbonyl (C=O) groups is 2. The van der Waals surface area contributed by atoms with Gasteiger partial charge in [0.05, 0.1) is 25.2 Å². The highest BCUT2D eigenvalue weighted by Gasteiger charge is 2.23. The summed E-state index contributed by atoms with van der Waals surface area (Å²) in [4.78, 5) is 26.0. The molecule has 0 saturated heterocycles. The summed E-state index contributed by atoms with van der Waals surface area (Å²) < 4.78 is 5.82. The zero-order valence-corrected chi connectivity index (χ0v) is 38.4. The van der Waals surface area contributed by atoms with Crippen LogP contribution in [0.15, 0.2) is 85.1 Å². The van der Waals surface area contributed by atoms with Crippen LogP contribution in [0.2, 0.25) is 0 Å². The van der Waals surface area contributed by atoms with Crippen molar-refractivity contribution < 1.29 is 24.5 Å². The van der Waals surface area contributed by atoms with E-state index in [1.165, 1.54) is 103 Å². The van der Waals surface area contributed by atoms with Crippen LogP contribution in [0.4, 0.5) is 0 Å². The number of amides is 1. The number of aliphatic hydroxyl groups is 2. The van der Waals surface area contributed by atoms with Gasteiger partial charge in [0.15, 0.2) is 0 Å². The number of esters is 1. The summed E-state index contributed by atoms with van der Waals surface area (Å²) in [7, 11) is 0. The molecule has 0 aliphatic heterocycles. The molecule has 6 nitrogen and oxygen atoms in total. The van der Waals surface area contributed by atoms with Gasteiger partial charge in [0.25, 0.3) is 0 Å². The Morgan fingerprint density at radius 3 is 1.56 bits per heavy atom. The minimum absolute atomic E-state index is 0.0252.